The number of benzene rings is 1. The zero-order valence-corrected chi connectivity index (χ0v) is 13.5. The maximum Gasteiger partial charge on any atom is 0.123 e. The third-order valence-electron chi connectivity index (χ3n) is 4.33. The van der Waals surface area contributed by atoms with Crippen molar-refractivity contribution in [3.63, 3.8) is 0 Å². The van der Waals surface area contributed by atoms with Crippen LogP contribution in [0.3, 0.4) is 0 Å². The Hall–Kier alpha value is -1.10. The molecule has 0 radical (unpaired) electrons. The predicted molar refractivity (Wildman–Crippen MR) is 85.5 cm³/mol. The van der Waals surface area contributed by atoms with Gasteiger partial charge in [0.05, 0.1) is 7.11 Å². The van der Waals surface area contributed by atoms with Gasteiger partial charge < -0.3 is 15.2 Å². The summed E-state index contributed by atoms with van der Waals surface area (Å²) in [6, 6.07) is 6.33. The van der Waals surface area contributed by atoms with E-state index in [2.05, 4.69) is 17.0 Å². The number of hydrogen-bond acceptors (Lipinski definition) is 4. The fraction of sp³-hybridized carbons (Fsp3) is 0.647. The lowest BCUT2D eigenvalue weighted by Gasteiger charge is -2.32. The highest BCUT2D eigenvalue weighted by molar-refractivity contribution is 5.38. The minimum atomic E-state index is 0.0575. The molecule has 1 aliphatic heterocycles. The Labute approximate surface area is 128 Å². The molecule has 1 fully saturated rings. The Morgan fingerprint density at radius 3 is 2.57 bits per heavy atom. The first-order valence-corrected chi connectivity index (χ1v) is 7.77. The molecule has 1 heterocycles. The molecule has 1 unspecified atom stereocenters. The van der Waals surface area contributed by atoms with Crippen molar-refractivity contribution in [2.75, 3.05) is 33.9 Å². The highest BCUT2D eigenvalue weighted by Gasteiger charge is 2.20. The number of likely N-dealkylation sites (tertiary alicyclic amines) is 1. The van der Waals surface area contributed by atoms with E-state index < -0.39 is 0 Å². The van der Waals surface area contributed by atoms with Gasteiger partial charge in [0.2, 0.25) is 0 Å². The molecular formula is C17H28N2O2. The number of hydrogen-bond donors (Lipinski definition) is 1. The van der Waals surface area contributed by atoms with Crippen LogP contribution in [0.15, 0.2) is 18.2 Å². The summed E-state index contributed by atoms with van der Waals surface area (Å²) < 4.78 is 10.8. The first kappa shape index (κ1) is 16.3. The minimum absolute atomic E-state index is 0.0575. The molecule has 1 atom stereocenters. The monoisotopic (exact) mass is 292 g/mol. The van der Waals surface area contributed by atoms with E-state index in [0.717, 1.165) is 32.0 Å². The Morgan fingerprint density at radius 2 is 2.00 bits per heavy atom. The number of piperidine rings is 1. The average Bonchev–Trinajstić information content (AvgIpc) is 2.49. The van der Waals surface area contributed by atoms with Gasteiger partial charge in [0.15, 0.2) is 0 Å². The smallest absolute Gasteiger partial charge is 0.123 e. The van der Waals surface area contributed by atoms with Crippen LogP contribution in [0.1, 0.15) is 36.9 Å². The summed E-state index contributed by atoms with van der Waals surface area (Å²) in [6.07, 6.45) is 2.42. The second-order valence-corrected chi connectivity index (χ2v) is 6.03. The van der Waals surface area contributed by atoms with Crippen molar-refractivity contribution >= 4 is 0 Å². The zero-order chi connectivity index (χ0) is 15.2. The van der Waals surface area contributed by atoms with Crippen LogP contribution in [0, 0.1) is 5.92 Å². The van der Waals surface area contributed by atoms with E-state index in [1.165, 1.54) is 24.0 Å². The van der Waals surface area contributed by atoms with Crippen molar-refractivity contribution in [2.45, 2.75) is 32.4 Å². The molecule has 21 heavy (non-hydrogen) atoms. The Bertz CT molecular complexity index is 440. The summed E-state index contributed by atoms with van der Waals surface area (Å²) >= 11 is 0. The molecule has 0 bridgehead atoms. The van der Waals surface area contributed by atoms with Gasteiger partial charge in [-0.3, -0.25) is 4.90 Å². The molecule has 0 aromatic heterocycles. The van der Waals surface area contributed by atoms with Crippen molar-refractivity contribution in [3.05, 3.63) is 29.3 Å². The summed E-state index contributed by atoms with van der Waals surface area (Å²) in [5.74, 6) is 1.67. The summed E-state index contributed by atoms with van der Waals surface area (Å²) in [7, 11) is 3.52. The molecular weight excluding hydrogens is 264 g/mol. The lowest BCUT2D eigenvalue weighted by Crippen LogP contribution is -2.34. The summed E-state index contributed by atoms with van der Waals surface area (Å²) in [5, 5.41) is 0. The van der Waals surface area contributed by atoms with E-state index in [1.54, 1.807) is 14.2 Å². The van der Waals surface area contributed by atoms with Gasteiger partial charge in [-0.15, -0.1) is 0 Å². The summed E-state index contributed by atoms with van der Waals surface area (Å²) in [5.41, 5.74) is 8.39. The molecule has 2 N–H and O–H groups in total. The lowest BCUT2D eigenvalue weighted by atomic mass is 9.97. The summed E-state index contributed by atoms with van der Waals surface area (Å²) in [4.78, 5) is 2.50. The van der Waals surface area contributed by atoms with Gasteiger partial charge in [0.1, 0.15) is 5.75 Å². The Morgan fingerprint density at radius 1 is 1.29 bits per heavy atom. The highest BCUT2D eigenvalue weighted by atomic mass is 16.5. The molecule has 4 heteroatoms. The lowest BCUT2D eigenvalue weighted by molar-refractivity contribution is 0.0964. The summed E-state index contributed by atoms with van der Waals surface area (Å²) in [6.45, 7) is 6.09. The van der Waals surface area contributed by atoms with Gasteiger partial charge in [0.25, 0.3) is 0 Å². The number of rotatable bonds is 6. The SMILES string of the molecule is COCC1CCN(Cc2cc(C(C)N)ccc2OC)CC1. The largest absolute Gasteiger partial charge is 0.496 e. The van der Waals surface area contributed by atoms with E-state index in [9.17, 15) is 0 Å². The molecule has 1 aromatic carbocycles. The molecule has 2 rings (SSSR count). The first-order chi connectivity index (χ1) is 10.1. The zero-order valence-electron chi connectivity index (χ0n) is 13.5. The second kappa shape index (κ2) is 7.78. The molecule has 0 spiro atoms. The average molecular weight is 292 g/mol. The van der Waals surface area contributed by atoms with Crippen LogP contribution in [-0.2, 0) is 11.3 Å². The maximum atomic E-state index is 5.99. The quantitative estimate of drug-likeness (QED) is 0.875. The van der Waals surface area contributed by atoms with Gasteiger partial charge in [0, 0.05) is 31.9 Å². The number of ether oxygens (including phenoxy) is 2. The van der Waals surface area contributed by atoms with Crippen LogP contribution >= 0.6 is 0 Å². The maximum absolute atomic E-state index is 5.99. The second-order valence-electron chi connectivity index (χ2n) is 6.03. The van der Waals surface area contributed by atoms with Crippen molar-refractivity contribution < 1.29 is 9.47 Å². The Balaban J connectivity index is 2.00. The standard InChI is InChI=1S/C17H28N2O2/c1-13(18)15-4-5-17(21-3)16(10-15)11-19-8-6-14(7-9-19)12-20-2/h4-5,10,13-14H,6-9,11-12,18H2,1-3H3. The van der Waals surface area contributed by atoms with Gasteiger partial charge in [-0.2, -0.15) is 0 Å². The fourth-order valence-corrected chi connectivity index (χ4v) is 2.99. The van der Waals surface area contributed by atoms with Crippen LogP contribution in [-0.4, -0.2) is 38.8 Å². The van der Waals surface area contributed by atoms with Gasteiger partial charge >= 0.3 is 0 Å². The normalized spacial score (nSPS) is 18.7. The van der Waals surface area contributed by atoms with E-state index in [1.807, 2.05) is 13.0 Å². The number of methoxy groups -OCH3 is 2. The van der Waals surface area contributed by atoms with Gasteiger partial charge in [-0.1, -0.05) is 6.07 Å². The number of nitrogens with zero attached hydrogens (tertiary/aromatic N) is 1. The third-order valence-corrected chi connectivity index (χ3v) is 4.33. The van der Waals surface area contributed by atoms with E-state index in [4.69, 9.17) is 15.2 Å². The van der Waals surface area contributed by atoms with Crippen molar-refractivity contribution in [1.82, 2.24) is 4.90 Å². The van der Waals surface area contributed by atoms with Crippen LogP contribution < -0.4 is 10.5 Å². The van der Waals surface area contributed by atoms with E-state index >= 15 is 0 Å². The Kier molecular flexibility index (Phi) is 6.03. The van der Waals surface area contributed by atoms with Crippen LogP contribution in [0.2, 0.25) is 0 Å². The van der Waals surface area contributed by atoms with Gasteiger partial charge in [-0.25, -0.2) is 0 Å². The van der Waals surface area contributed by atoms with Crippen LogP contribution in [0.25, 0.3) is 0 Å². The molecule has 118 valence electrons. The highest BCUT2D eigenvalue weighted by Crippen LogP contribution is 2.26. The molecule has 0 aliphatic carbocycles. The number of nitrogens with two attached hydrogens (primary N) is 1. The van der Waals surface area contributed by atoms with Crippen LogP contribution in [0.4, 0.5) is 0 Å². The van der Waals surface area contributed by atoms with E-state index in [-0.39, 0.29) is 6.04 Å². The van der Waals surface area contributed by atoms with Crippen LogP contribution in [0.5, 0.6) is 5.75 Å². The molecule has 0 amide bonds. The minimum Gasteiger partial charge on any atom is -0.496 e. The fourth-order valence-electron chi connectivity index (χ4n) is 2.99. The first-order valence-electron chi connectivity index (χ1n) is 7.77. The molecule has 1 aromatic rings. The molecule has 1 aliphatic rings. The molecule has 0 saturated carbocycles. The topological polar surface area (TPSA) is 47.7 Å². The third kappa shape index (κ3) is 4.43. The van der Waals surface area contributed by atoms with Crippen molar-refractivity contribution in [2.24, 2.45) is 11.7 Å². The van der Waals surface area contributed by atoms with Crippen molar-refractivity contribution in [1.29, 1.82) is 0 Å². The molecule has 4 nitrogen and oxygen atoms in total. The predicted octanol–water partition coefficient (Wildman–Crippen LogP) is 2.57. The van der Waals surface area contributed by atoms with E-state index in [0.29, 0.717) is 5.92 Å². The van der Waals surface area contributed by atoms with Gasteiger partial charge in [-0.05, 0) is 56.5 Å². The molecule has 1 saturated heterocycles. The van der Waals surface area contributed by atoms with Crippen molar-refractivity contribution in [3.8, 4) is 5.75 Å².